The van der Waals surface area contributed by atoms with Crippen LogP contribution in [0.5, 0.6) is 0 Å². The van der Waals surface area contributed by atoms with Crippen LogP contribution in [-0.4, -0.2) is 96.7 Å². The summed E-state index contributed by atoms with van der Waals surface area (Å²) >= 11 is 0. The zero-order chi connectivity index (χ0) is 73.5. The molecule has 19 heteroatoms. The molecule has 3 N–H and O–H groups in total. The Morgan fingerprint density at radius 3 is 0.760 bits per heavy atom. The lowest BCUT2D eigenvalue weighted by Gasteiger charge is -2.21. The largest absolute Gasteiger partial charge is 0.472 e. The maximum Gasteiger partial charge on any atom is 0.472 e. The lowest BCUT2D eigenvalue weighted by molar-refractivity contribution is -0.161. The fourth-order valence-corrected chi connectivity index (χ4v) is 14.1. The van der Waals surface area contributed by atoms with E-state index in [0.717, 1.165) is 102 Å². The summed E-state index contributed by atoms with van der Waals surface area (Å²) in [5.41, 5.74) is 0. The fraction of sp³-hybridized carbons (Fsp3) is 0.951. The van der Waals surface area contributed by atoms with Gasteiger partial charge >= 0.3 is 39.5 Å². The zero-order valence-electron chi connectivity index (χ0n) is 65.5. The first kappa shape index (κ1) is 98.1. The third kappa shape index (κ3) is 73.0. The highest BCUT2D eigenvalue weighted by Crippen LogP contribution is 2.45. The van der Waals surface area contributed by atoms with Crippen molar-refractivity contribution in [1.82, 2.24) is 0 Å². The lowest BCUT2D eigenvalue weighted by Crippen LogP contribution is -2.30. The van der Waals surface area contributed by atoms with Gasteiger partial charge < -0.3 is 33.8 Å². The van der Waals surface area contributed by atoms with Crippen LogP contribution in [0.25, 0.3) is 0 Å². The molecule has 0 aromatic carbocycles. The summed E-state index contributed by atoms with van der Waals surface area (Å²) in [4.78, 5) is 73.1. The first-order chi connectivity index (χ1) is 48.4. The van der Waals surface area contributed by atoms with Gasteiger partial charge in [0.05, 0.1) is 26.4 Å². The van der Waals surface area contributed by atoms with Crippen LogP contribution in [0.3, 0.4) is 0 Å². The molecule has 0 fully saturated rings. The highest BCUT2D eigenvalue weighted by molar-refractivity contribution is 7.47. The molecule has 0 amide bonds. The van der Waals surface area contributed by atoms with Gasteiger partial charge in [-0.25, -0.2) is 9.13 Å². The Balaban J connectivity index is 5.27. The number of carbonyl (C=O) groups is 4. The number of rotatable bonds is 80. The van der Waals surface area contributed by atoms with E-state index in [9.17, 15) is 43.2 Å². The second-order valence-corrected chi connectivity index (χ2v) is 32.8. The molecule has 0 aliphatic carbocycles. The van der Waals surface area contributed by atoms with Gasteiger partial charge in [0, 0.05) is 25.7 Å². The Morgan fingerprint density at radius 1 is 0.290 bits per heavy atom. The molecular formula is C81H158O17P2. The molecule has 0 heterocycles. The summed E-state index contributed by atoms with van der Waals surface area (Å²) in [6.07, 6.45) is 62.2. The zero-order valence-corrected chi connectivity index (χ0v) is 67.3. The van der Waals surface area contributed by atoms with Gasteiger partial charge in [0.25, 0.3) is 0 Å². The Labute approximate surface area is 613 Å². The molecule has 594 valence electrons. The van der Waals surface area contributed by atoms with Crippen molar-refractivity contribution in [3.63, 3.8) is 0 Å². The highest BCUT2D eigenvalue weighted by Gasteiger charge is 2.30. The third-order valence-electron chi connectivity index (χ3n) is 19.3. The second kappa shape index (κ2) is 72.6. The smallest absolute Gasteiger partial charge is 0.462 e. The summed E-state index contributed by atoms with van der Waals surface area (Å²) < 4.78 is 68.8. The van der Waals surface area contributed by atoms with Crippen molar-refractivity contribution in [3.05, 3.63) is 0 Å². The number of carbonyl (C=O) groups excluding carboxylic acids is 4. The lowest BCUT2D eigenvalue weighted by atomic mass is 9.99. The van der Waals surface area contributed by atoms with E-state index >= 15 is 0 Å². The summed E-state index contributed by atoms with van der Waals surface area (Å²) in [6, 6.07) is 0. The van der Waals surface area contributed by atoms with Crippen molar-refractivity contribution in [2.45, 2.75) is 445 Å². The van der Waals surface area contributed by atoms with Gasteiger partial charge in [-0.2, -0.15) is 0 Å². The number of aliphatic hydroxyl groups is 1. The molecule has 0 aliphatic heterocycles. The van der Waals surface area contributed by atoms with Crippen molar-refractivity contribution in [3.8, 4) is 0 Å². The molecule has 0 rings (SSSR count). The van der Waals surface area contributed by atoms with Gasteiger partial charge in [-0.3, -0.25) is 37.3 Å². The number of aliphatic hydroxyl groups excluding tert-OH is 1. The number of ether oxygens (including phenoxy) is 4. The van der Waals surface area contributed by atoms with Crippen molar-refractivity contribution < 1.29 is 80.2 Å². The number of hydrogen-bond donors (Lipinski definition) is 3. The molecule has 0 saturated heterocycles. The van der Waals surface area contributed by atoms with Crippen molar-refractivity contribution in [2.24, 2.45) is 11.8 Å². The predicted octanol–water partition coefficient (Wildman–Crippen LogP) is 24.3. The minimum absolute atomic E-state index is 0.108. The van der Waals surface area contributed by atoms with Crippen LogP contribution in [0.2, 0.25) is 0 Å². The van der Waals surface area contributed by atoms with Crippen molar-refractivity contribution in [1.29, 1.82) is 0 Å². The third-order valence-corrected chi connectivity index (χ3v) is 21.2. The molecule has 0 aromatic rings. The SMILES string of the molecule is CCCCCCCCCCCCCCCCCC(=O)OC[C@H](COP(=O)(O)OC[C@@H](O)COP(=O)(O)OC[C@@H](COC(=O)CCCCCCCCCCCCC(C)C)OC(=O)CCCCCCCCCCCCCCCC)OC(=O)CCCCCCCCCCCCCCCCC(C)CC. The van der Waals surface area contributed by atoms with E-state index in [0.29, 0.717) is 25.7 Å². The average Bonchev–Trinajstić information content (AvgIpc) is 0.923. The molecule has 0 spiro atoms. The number of phosphoric ester groups is 2. The topological polar surface area (TPSA) is 237 Å². The van der Waals surface area contributed by atoms with Crippen LogP contribution in [-0.2, 0) is 65.4 Å². The predicted molar refractivity (Wildman–Crippen MR) is 409 cm³/mol. The van der Waals surface area contributed by atoms with Crippen LogP contribution in [0.1, 0.15) is 427 Å². The average molecular weight is 1470 g/mol. The fourth-order valence-electron chi connectivity index (χ4n) is 12.5. The standard InChI is InChI=1S/C81H158O17P2/c1-7-10-12-14-16-18-20-22-24-29-32-39-45-51-57-63-78(83)91-69-76(97-81(86)66-60-54-48-42-34-30-26-25-27-31-38-44-50-56-62-74(6)9-3)71-95-99(87,88)93-67-75(82)68-94-100(89,90)96-72-77(70-92-79(84)64-58-52-46-40-36-35-37-43-49-55-61-73(4)5)98-80(85)65-59-53-47-41-33-28-23-21-19-17-15-13-11-8-2/h73-77,82H,7-72H2,1-6H3,(H,87,88)(H,89,90)/t74?,75-,76-,77-/m1/s1. The van der Waals surface area contributed by atoms with Crippen molar-refractivity contribution >= 4 is 39.5 Å². The van der Waals surface area contributed by atoms with Gasteiger partial charge in [-0.15, -0.1) is 0 Å². The van der Waals surface area contributed by atoms with E-state index in [1.165, 1.54) is 244 Å². The van der Waals surface area contributed by atoms with E-state index in [1.54, 1.807) is 0 Å². The molecule has 0 saturated carbocycles. The summed E-state index contributed by atoms with van der Waals surface area (Å²) in [7, 11) is -9.92. The monoisotopic (exact) mass is 1470 g/mol. The summed E-state index contributed by atoms with van der Waals surface area (Å²) in [5, 5.41) is 10.6. The van der Waals surface area contributed by atoms with Gasteiger partial charge in [-0.1, -0.05) is 375 Å². The molecule has 3 unspecified atom stereocenters. The van der Waals surface area contributed by atoms with Gasteiger partial charge in [0.2, 0.25) is 0 Å². The van der Waals surface area contributed by atoms with Gasteiger partial charge in [0.15, 0.2) is 12.2 Å². The molecule has 6 atom stereocenters. The normalized spacial score (nSPS) is 14.2. The van der Waals surface area contributed by atoms with Crippen LogP contribution < -0.4 is 0 Å². The van der Waals surface area contributed by atoms with Crippen LogP contribution in [0.4, 0.5) is 0 Å². The summed E-state index contributed by atoms with van der Waals surface area (Å²) in [6.45, 7) is 9.69. The highest BCUT2D eigenvalue weighted by atomic mass is 31.2. The van der Waals surface area contributed by atoms with Crippen LogP contribution in [0.15, 0.2) is 0 Å². The first-order valence-corrected chi connectivity index (χ1v) is 45.0. The molecule has 0 bridgehead atoms. The van der Waals surface area contributed by atoms with E-state index in [1.807, 2.05) is 0 Å². The minimum atomic E-state index is -4.96. The molecule has 0 aromatic heterocycles. The number of hydrogen-bond acceptors (Lipinski definition) is 15. The van der Waals surface area contributed by atoms with Crippen LogP contribution in [0, 0.1) is 11.8 Å². The molecule has 0 aliphatic rings. The van der Waals surface area contributed by atoms with Crippen molar-refractivity contribution in [2.75, 3.05) is 39.6 Å². The van der Waals surface area contributed by atoms with Crippen LogP contribution >= 0.6 is 15.6 Å². The second-order valence-electron chi connectivity index (χ2n) is 29.9. The summed E-state index contributed by atoms with van der Waals surface area (Å²) in [5.74, 6) is -0.501. The Kier molecular flexibility index (Phi) is 71.2. The Bertz CT molecular complexity index is 1930. The minimum Gasteiger partial charge on any atom is -0.462 e. The number of esters is 4. The first-order valence-electron chi connectivity index (χ1n) is 42.0. The molecular weight excluding hydrogens is 1310 g/mol. The quantitative estimate of drug-likeness (QED) is 0.0222. The van der Waals surface area contributed by atoms with Gasteiger partial charge in [0.1, 0.15) is 19.3 Å². The maximum atomic E-state index is 13.1. The maximum absolute atomic E-state index is 13.1. The molecule has 100 heavy (non-hydrogen) atoms. The molecule has 0 radical (unpaired) electrons. The van der Waals surface area contributed by atoms with E-state index in [-0.39, 0.29) is 25.7 Å². The number of phosphoric acid groups is 2. The molecule has 17 nitrogen and oxygen atoms in total. The number of unbranched alkanes of at least 4 members (excludes halogenated alkanes) is 49. The van der Waals surface area contributed by atoms with Gasteiger partial charge in [-0.05, 0) is 37.5 Å². The van der Waals surface area contributed by atoms with E-state index < -0.39 is 97.5 Å². The van der Waals surface area contributed by atoms with E-state index in [2.05, 4.69) is 41.5 Å². The van der Waals surface area contributed by atoms with E-state index in [4.69, 9.17) is 37.0 Å². The Morgan fingerprint density at radius 2 is 0.510 bits per heavy atom. The Hall–Kier alpha value is -1.94.